The molecule has 1 aromatic carbocycles. The summed E-state index contributed by atoms with van der Waals surface area (Å²) in [6.07, 6.45) is 1.40. The van der Waals surface area contributed by atoms with E-state index in [9.17, 15) is 18.0 Å². The van der Waals surface area contributed by atoms with Crippen LogP contribution in [0.3, 0.4) is 0 Å². The van der Waals surface area contributed by atoms with Crippen molar-refractivity contribution in [1.29, 1.82) is 0 Å². The van der Waals surface area contributed by atoms with Gasteiger partial charge in [0.05, 0.1) is 16.7 Å². The Bertz CT molecular complexity index is 637. The Morgan fingerprint density at radius 3 is 2.53 bits per heavy atom. The fraction of sp³-hybridized carbons (Fsp3) is 0.333. The molecular weight excluding hydrogens is 270 g/mol. The molecule has 7 heteroatoms. The number of carboxylic acids is 1. The number of amides is 1. The molecule has 1 aromatic rings. The van der Waals surface area contributed by atoms with Gasteiger partial charge in [0.2, 0.25) is 5.91 Å². The first-order valence-electron chi connectivity index (χ1n) is 5.63. The highest BCUT2D eigenvalue weighted by molar-refractivity contribution is 7.90. The maximum absolute atomic E-state index is 11.7. The molecular formula is C12H13NO5S. The molecule has 2 atom stereocenters. The third-order valence-electron chi connectivity index (χ3n) is 2.97. The number of hydrogen-bond acceptors (Lipinski definition) is 4. The minimum Gasteiger partial charge on any atom is -0.481 e. The molecule has 0 unspecified atom stereocenters. The van der Waals surface area contributed by atoms with Crippen LogP contribution in [0.15, 0.2) is 29.2 Å². The summed E-state index contributed by atoms with van der Waals surface area (Å²) in [6.45, 7) is 0. The highest BCUT2D eigenvalue weighted by Crippen LogP contribution is 2.39. The normalized spacial score (nSPS) is 21.7. The maximum atomic E-state index is 11.7. The number of aliphatic carboxylic acids is 1. The molecule has 1 saturated carbocycles. The van der Waals surface area contributed by atoms with Gasteiger partial charge in [0.1, 0.15) is 0 Å². The summed E-state index contributed by atoms with van der Waals surface area (Å²) in [5.74, 6) is -2.53. The van der Waals surface area contributed by atoms with Crippen LogP contribution in [0.5, 0.6) is 0 Å². The van der Waals surface area contributed by atoms with Gasteiger partial charge >= 0.3 is 5.97 Å². The Hall–Kier alpha value is -1.89. The summed E-state index contributed by atoms with van der Waals surface area (Å²) in [5.41, 5.74) is 0.351. The van der Waals surface area contributed by atoms with Crippen LogP contribution in [0.1, 0.15) is 6.42 Å². The van der Waals surface area contributed by atoms with Gasteiger partial charge in [0.25, 0.3) is 0 Å². The van der Waals surface area contributed by atoms with Crippen molar-refractivity contribution in [2.24, 2.45) is 11.8 Å². The summed E-state index contributed by atoms with van der Waals surface area (Å²) in [7, 11) is -3.34. The van der Waals surface area contributed by atoms with Gasteiger partial charge in [-0.1, -0.05) is 6.07 Å². The summed E-state index contributed by atoms with van der Waals surface area (Å²) < 4.78 is 22.7. The van der Waals surface area contributed by atoms with E-state index in [1.165, 1.54) is 18.2 Å². The number of carboxylic acid groups (broad SMARTS) is 1. The lowest BCUT2D eigenvalue weighted by atomic mass is 10.2. The van der Waals surface area contributed by atoms with Gasteiger partial charge in [-0.2, -0.15) is 0 Å². The molecule has 0 aromatic heterocycles. The molecule has 2 rings (SSSR count). The molecule has 0 spiro atoms. The molecule has 0 heterocycles. The lowest BCUT2D eigenvalue weighted by Crippen LogP contribution is -2.17. The van der Waals surface area contributed by atoms with Crippen LogP contribution < -0.4 is 5.32 Å². The van der Waals surface area contributed by atoms with E-state index in [4.69, 9.17) is 5.11 Å². The van der Waals surface area contributed by atoms with Crippen LogP contribution >= 0.6 is 0 Å². The first kappa shape index (κ1) is 13.5. The summed E-state index contributed by atoms with van der Waals surface area (Å²) in [4.78, 5) is 22.5. The Labute approximate surface area is 110 Å². The van der Waals surface area contributed by atoms with Crippen molar-refractivity contribution in [3.05, 3.63) is 24.3 Å². The number of rotatable bonds is 4. The second-order valence-corrected chi connectivity index (χ2v) is 6.59. The SMILES string of the molecule is CS(=O)(=O)c1cccc(NC(=O)[C@@H]2C[C@@H]2C(=O)O)c1. The minimum atomic E-state index is -3.34. The second kappa shape index (κ2) is 4.65. The monoisotopic (exact) mass is 283 g/mol. The van der Waals surface area contributed by atoms with Crippen molar-refractivity contribution >= 4 is 27.4 Å². The Balaban J connectivity index is 2.09. The number of benzene rings is 1. The average Bonchev–Trinajstić information content (AvgIpc) is 3.08. The summed E-state index contributed by atoms with van der Waals surface area (Å²) in [6, 6.07) is 5.87. The molecule has 1 amide bonds. The highest BCUT2D eigenvalue weighted by Gasteiger charge is 2.48. The van der Waals surface area contributed by atoms with Crippen molar-refractivity contribution in [2.75, 3.05) is 11.6 Å². The van der Waals surface area contributed by atoms with E-state index in [1.54, 1.807) is 6.07 Å². The molecule has 2 N–H and O–H groups in total. The molecule has 1 aliphatic rings. The molecule has 19 heavy (non-hydrogen) atoms. The number of sulfone groups is 1. The average molecular weight is 283 g/mol. The van der Waals surface area contributed by atoms with E-state index >= 15 is 0 Å². The number of carbonyl (C=O) groups is 2. The lowest BCUT2D eigenvalue weighted by molar-refractivity contribution is -0.139. The molecule has 0 aliphatic heterocycles. The van der Waals surface area contributed by atoms with Crippen LogP contribution in [-0.2, 0) is 19.4 Å². The largest absolute Gasteiger partial charge is 0.481 e. The van der Waals surface area contributed by atoms with Gasteiger partial charge in [-0.3, -0.25) is 9.59 Å². The fourth-order valence-corrected chi connectivity index (χ4v) is 2.46. The zero-order valence-electron chi connectivity index (χ0n) is 10.2. The molecule has 102 valence electrons. The predicted octanol–water partition coefficient (Wildman–Crippen LogP) is 0.749. The van der Waals surface area contributed by atoms with Gasteiger partial charge in [0, 0.05) is 11.9 Å². The highest BCUT2D eigenvalue weighted by atomic mass is 32.2. The second-order valence-electron chi connectivity index (χ2n) is 4.58. The van der Waals surface area contributed by atoms with Crippen molar-refractivity contribution in [3.8, 4) is 0 Å². The Kier molecular flexibility index (Phi) is 3.32. The smallest absolute Gasteiger partial charge is 0.307 e. The zero-order chi connectivity index (χ0) is 14.2. The molecule has 0 saturated heterocycles. The van der Waals surface area contributed by atoms with Gasteiger partial charge in [-0.25, -0.2) is 8.42 Å². The van der Waals surface area contributed by atoms with Gasteiger partial charge < -0.3 is 10.4 Å². The summed E-state index contributed by atoms with van der Waals surface area (Å²) >= 11 is 0. The fourth-order valence-electron chi connectivity index (χ4n) is 1.80. The molecule has 0 bridgehead atoms. The standard InChI is InChI=1S/C12H13NO5S/c1-19(17,18)8-4-2-3-7(5-8)13-11(14)9-6-10(9)12(15)16/h2-5,9-10H,6H2,1H3,(H,13,14)(H,15,16)/t9-,10+/m1/s1. The number of anilines is 1. The summed E-state index contributed by atoms with van der Waals surface area (Å²) in [5, 5.41) is 11.3. The van der Waals surface area contributed by atoms with Crippen LogP contribution in [0, 0.1) is 11.8 Å². The van der Waals surface area contributed by atoms with Gasteiger partial charge in [-0.15, -0.1) is 0 Å². The number of nitrogens with one attached hydrogen (secondary N) is 1. The third-order valence-corrected chi connectivity index (χ3v) is 4.08. The number of carbonyl (C=O) groups excluding carboxylic acids is 1. The van der Waals surface area contributed by atoms with Crippen LogP contribution in [0.4, 0.5) is 5.69 Å². The van der Waals surface area contributed by atoms with Crippen molar-refractivity contribution < 1.29 is 23.1 Å². The lowest BCUT2D eigenvalue weighted by Gasteiger charge is -2.06. The molecule has 6 nitrogen and oxygen atoms in total. The van der Waals surface area contributed by atoms with E-state index in [1.807, 2.05) is 0 Å². The first-order chi connectivity index (χ1) is 8.79. The zero-order valence-corrected chi connectivity index (χ0v) is 11.0. The Morgan fingerprint density at radius 2 is 2.00 bits per heavy atom. The van der Waals surface area contributed by atoms with Crippen molar-refractivity contribution in [1.82, 2.24) is 0 Å². The quantitative estimate of drug-likeness (QED) is 0.849. The van der Waals surface area contributed by atoms with Crippen molar-refractivity contribution in [3.63, 3.8) is 0 Å². The van der Waals surface area contributed by atoms with E-state index in [0.717, 1.165) is 6.26 Å². The topological polar surface area (TPSA) is 101 Å². The molecule has 1 fully saturated rings. The maximum Gasteiger partial charge on any atom is 0.307 e. The van der Waals surface area contributed by atoms with E-state index in [2.05, 4.69) is 5.32 Å². The van der Waals surface area contributed by atoms with Crippen molar-refractivity contribution in [2.45, 2.75) is 11.3 Å². The van der Waals surface area contributed by atoms with Gasteiger partial charge in [0.15, 0.2) is 9.84 Å². The van der Waals surface area contributed by atoms with E-state index in [0.29, 0.717) is 12.1 Å². The van der Waals surface area contributed by atoms with Gasteiger partial charge in [-0.05, 0) is 24.6 Å². The van der Waals surface area contributed by atoms with Crippen LogP contribution in [0.2, 0.25) is 0 Å². The minimum absolute atomic E-state index is 0.107. The Morgan fingerprint density at radius 1 is 1.32 bits per heavy atom. The van der Waals surface area contributed by atoms with E-state index < -0.39 is 33.5 Å². The predicted molar refractivity (Wildman–Crippen MR) is 67.4 cm³/mol. The molecule has 1 aliphatic carbocycles. The first-order valence-corrected chi connectivity index (χ1v) is 7.52. The molecule has 0 radical (unpaired) electrons. The van der Waals surface area contributed by atoms with Crippen LogP contribution in [-0.4, -0.2) is 31.7 Å². The van der Waals surface area contributed by atoms with E-state index in [-0.39, 0.29) is 4.90 Å². The van der Waals surface area contributed by atoms with Crippen LogP contribution in [0.25, 0.3) is 0 Å². The number of hydrogen-bond donors (Lipinski definition) is 2. The third kappa shape index (κ3) is 3.11.